The molecule has 4 rings (SSSR count). The summed E-state index contributed by atoms with van der Waals surface area (Å²) in [4.78, 5) is 65.1. The van der Waals surface area contributed by atoms with Gasteiger partial charge in [0, 0.05) is 16.3 Å². The summed E-state index contributed by atoms with van der Waals surface area (Å²) in [7, 11) is 0. The highest BCUT2D eigenvalue weighted by Crippen LogP contribution is 2.36. The van der Waals surface area contributed by atoms with Crippen molar-refractivity contribution in [1.82, 2.24) is 0 Å². The van der Waals surface area contributed by atoms with Crippen molar-refractivity contribution < 1.29 is 33.8 Å². The quantitative estimate of drug-likeness (QED) is 0.0974. The number of nitrogens with one attached hydrogen (secondary N) is 3. The Kier molecular flexibility index (Phi) is 11.6. The molecule has 12 heteroatoms. The average molecular weight is 650 g/mol. The van der Waals surface area contributed by atoms with Crippen LogP contribution in [0.25, 0.3) is 0 Å². The number of esters is 1. The minimum atomic E-state index is -1.00. The van der Waals surface area contributed by atoms with Crippen molar-refractivity contribution in [2.24, 2.45) is 11.8 Å². The molecule has 0 fully saturated rings. The summed E-state index contributed by atoms with van der Waals surface area (Å²) in [5.41, 5.74) is 1.63. The van der Waals surface area contributed by atoms with Gasteiger partial charge in [0.1, 0.15) is 5.00 Å². The first-order valence-electron chi connectivity index (χ1n) is 14.6. The molecular weight excluding hydrogens is 615 g/mol. The van der Waals surface area contributed by atoms with Crippen LogP contribution in [0.4, 0.5) is 16.4 Å². The standard InChI is InChI=1S/C33H35N3O7S2/c1-4-25(44-22-15-11-14-21(18-22)35-28(37)23-16-9-10-17-24(23)32(40)41)29(38)36-31-26(33(42)43-5-2)19(3)27(45-31)30(39)34-20-12-7-6-8-13-20/h6-15,18,23-25H,4-5,16-17H2,1-3H3,(H,34,39)(H,35,37)(H,36,38)(H,40,41). The first-order valence-corrected chi connectivity index (χ1v) is 16.3. The smallest absolute Gasteiger partial charge is 0.341 e. The summed E-state index contributed by atoms with van der Waals surface area (Å²) in [6.45, 7) is 5.31. The first-order chi connectivity index (χ1) is 21.6. The maximum atomic E-state index is 13.5. The molecule has 10 nitrogen and oxygen atoms in total. The monoisotopic (exact) mass is 649 g/mol. The number of rotatable bonds is 12. The number of carbonyl (C=O) groups is 5. The van der Waals surface area contributed by atoms with Gasteiger partial charge in [0.15, 0.2) is 0 Å². The molecule has 0 aliphatic heterocycles. The van der Waals surface area contributed by atoms with Crippen molar-refractivity contribution in [1.29, 1.82) is 0 Å². The van der Waals surface area contributed by atoms with Crippen LogP contribution < -0.4 is 16.0 Å². The van der Waals surface area contributed by atoms with Crippen LogP contribution in [-0.4, -0.2) is 46.6 Å². The van der Waals surface area contributed by atoms with Crippen molar-refractivity contribution in [3.63, 3.8) is 0 Å². The number of ether oxygens (including phenoxy) is 1. The van der Waals surface area contributed by atoms with Crippen molar-refractivity contribution in [2.75, 3.05) is 22.6 Å². The number of amides is 3. The lowest BCUT2D eigenvalue weighted by atomic mass is 9.82. The Morgan fingerprint density at radius 3 is 2.29 bits per heavy atom. The molecule has 0 bridgehead atoms. The van der Waals surface area contributed by atoms with E-state index in [1.54, 1.807) is 62.4 Å². The zero-order valence-corrected chi connectivity index (χ0v) is 26.8. The molecule has 45 heavy (non-hydrogen) atoms. The molecule has 3 atom stereocenters. The number of benzene rings is 2. The molecular formula is C33H35N3O7S2. The van der Waals surface area contributed by atoms with E-state index >= 15 is 0 Å². The van der Waals surface area contributed by atoms with Crippen LogP contribution >= 0.6 is 23.1 Å². The molecule has 3 unspecified atom stereocenters. The van der Waals surface area contributed by atoms with Gasteiger partial charge in [-0.2, -0.15) is 0 Å². The van der Waals surface area contributed by atoms with Crippen molar-refractivity contribution >= 4 is 69.1 Å². The van der Waals surface area contributed by atoms with E-state index in [-0.39, 0.29) is 33.9 Å². The lowest BCUT2D eigenvalue weighted by molar-refractivity contribution is -0.146. The Morgan fingerprint density at radius 2 is 1.62 bits per heavy atom. The summed E-state index contributed by atoms with van der Waals surface area (Å²) in [6.07, 6.45) is 4.70. The fourth-order valence-corrected chi connectivity index (χ4v) is 7.02. The summed E-state index contributed by atoms with van der Waals surface area (Å²) in [5.74, 6) is -4.25. The number of hydrogen-bond donors (Lipinski definition) is 4. The van der Waals surface area contributed by atoms with Crippen molar-refractivity contribution in [3.8, 4) is 0 Å². The number of para-hydroxylation sites is 1. The second kappa shape index (κ2) is 15.5. The van der Waals surface area contributed by atoms with Crippen molar-refractivity contribution in [3.05, 3.63) is 82.8 Å². The van der Waals surface area contributed by atoms with Gasteiger partial charge in [0.2, 0.25) is 11.8 Å². The van der Waals surface area contributed by atoms with Gasteiger partial charge >= 0.3 is 11.9 Å². The topological polar surface area (TPSA) is 151 Å². The van der Waals surface area contributed by atoms with Gasteiger partial charge in [-0.15, -0.1) is 23.1 Å². The summed E-state index contributed by atoms with van der Waals surface area (Å²) >= 11 is 2.29. The van der Waals surface area contributed by atoms with E-state index in [1.807, 2.05) is 25.1 Å². The highest BCUT2D eigenvalue weighted by molar-refractivity contribution is 8.00. The predicted octanol–water partition coefficient (Wildman–Crippen LogP) is 6.60. The number of aliphatic carboxylic acids is 1. The molecule has 1 aliphatic rings. The van der Waals surface area contributed by atoms with Crippen LogP contribution in [-0.2, 0) is 19.1 Å². The molecule has 1 heterocycles. The number of thiophene rings is 1. The molecule has 4 N–H and O–H groups in total. The van der Waals surface area contributed by atoms with E-state index in [2.05, 4.69) is 16.0 Å². The number of carboxylic acid groups (broad SMARTS) is 1. The van der Waals surface area contributed by atoms with E-state index in [0.717, 1.165) is 11.3 Å². The van der Waals surface area contributed by atoms with Crippen LogP contribution in [0, 0.1) is 18.8 Å². The summed E-state index contributed by atoms with van der Waals surface area (Å²) in [6, 6.07) is 15.9. The molecule has 1 aliphatic carbocycles. The summed E-state index contributed by atoms with van der Waals surface area (Å²) in [5, 5.41) is 17.7. The number of carbonyl (C=O) groups excluding carboxylic acids is 4. The highest BCUT2D eigenvalue weighted by atomic mass is 32.2. The zero-order chi connectivity index (χ0) is 32.5. The Balaban J connectivity index is 1.50. The molecule has 0 spiro atoms. The van der Waals surface area contributed by atoms with Crippen LogP contribution in [0.5, 0.6) is 0 Å². The summed E-state index contributed by atoms with van der Waals surface area (Å²) < 4.78 is 5.24. The second-order valence-corrected chi connectivity index (χ2v) is 12.6. The first kappa shape index (κ1) is 33.5. The molecule has 0 saturated carbocycles. The Bertz CT molecular complexity index is 1600. The van der Waals surface area contributed by atoms with Crippen LogP contribution in [0.15, 0.2) is 71.6 Å². The van der Waals surface area contributed by atoms with E-state index in [0.29, 0.717) is 41.1 Å². The van der Waals surface area contributed by atoms with E-state index < -0.39 is 34.9 Å². The van der Waals surface area contributed by atoms with Crippen LogP contribution in [0.3, 0.4) is 0 Å². The van der Waals surface area contributed by atoms with Crippen LogP contribution in [0.2, 0.25) is 0 Å². The predicted molar refractivity (Wildman–Crippen MR) is 176 cm³/mol. The maximum absolute atomic E-state index is 13.5. The number of allylic oxidation sites excluding steroid dienone is 2. The number of hydrogen-bond acceptors (Lipinski definition) is 8. The Hall–Kier alpha value is -4.42. The van der Waals surface area contributed by atoms with Gasteiger partial charge in [-0.1, -0.05) is 43.3 Å². The van der Waals surface area contributed by atoms with Crippen molar-refractivity contribution in [2.45, 2.75) is 50.2 Å². The molecule has 236 valence electrons. The van der Waals surface area contributed by atoms with E-state index in [9.17, 15) is 29.1 Å². The molecule has 3 aromatic rings. The fraction of sp³-hybridized carbons (Fsp3) is 0.303. The maximum Gasteiger partial charge on any atom is 0.341 e. The average Bonchev–Trinajstić information content (AvgIpc) is 3.35. The van der Waals surface area contributed by atoms with Gasteiger partial charge in [-0.3, -0.25) is 19.2 Å². The minimum Gasteiger partial charge on any atom is -0.481 e. The second-order valence-electron chi connectivity index (χ2n) is 10.3. The Morgan fingerprint density at radius 1 is 0.933 bits per heavy atom. The Labute approximate surface area is 269 Å². The van der Waals surface area contributed by atoms with Crippen LogP contribution in [0.1, 0.15) is 58.7 Å². The fourth-order valence-electron chi connectivity index (χ4n) is 4.91. The van der Waals surface area contributed by atoms with Gasteiger partial charge in [-0.05, 0) is 69.0 Å². The lowest BCUT2D eigenvalue weighted by Crippen LogP contribution is -2.34. The van der Waals surface area contributed by atoms with Gasteiger partial charge in [0.05, 0.1) is 34.1 Å². The SMILES string of the molecule is CCOC(=O)c1c(NC(=O)C(CC)Sc2cccc(NC(=O)C3CC=CCC3C(=O)O)c2)sc(C(=O)Nc2ccccc2)c1C. The zero-order valence-electron chi connectivity index (χ0n) is 25.1. The normalized spacial score (nSPS) is 16.3. The van der Waals surface area contributed by atoms with Gasteiger partial charge < -0.3 is 25.8 Å². The largest absolute Gasteiger partial charge is 0.481 e. The molecule has 1 aromatic heterocycles. The highest BCUT2D eigenvalue weighted by Gasteiger charge is 2.34. The molecule has 0 saturated heterocycles. The number of carboxylic acids is 1. The van der Waals surface area contributed by atoms with Gasteiger partial charge in [-0.25, -0.2) is 4.79 Å². The lowest BCUT2D eigenvalue weighted by Gasteiger charge is -2.24. The third kappa shape index (κ3) is 8.40. The molecule has 2 aromatic carbocycles. The number of thioether (sulfide) groups is 1. The number of anilines is 3. The van der Waals surface area contributed by atoms with E-state index in [1.165, 1.54) is 11.8 Å². The minimum absolute atomic E-state index is 0.127. The third-order valence-electron chi connectivity index (χ3n) is 7.23. The third-order valence-corrected chi connectivity index (χ3v) is 9.79. The van der Waals surface area contributed by atoms with Gasteiger partial charge in [0.25, 0.3) is 5.91 Å². The van der Waals surface area contributed by atoms with E-state index in [4.69, 9.17) is 4.74 Å². The molecule has 0 radical (unpaired) electrons. The molecule has 3 amide bonds.